The van der Waals surface area contributed by atoms with E-state index in [2.05, 4.69) is 19.9 Å². The Labute approximate surface area is 156 Å². The monoisotopic (exact) mass is 367 g/mol. The topological polar surface area (TPSA) is 95.6 Å². The van der Waals surface area contributed by atoms with Crippen LogP contribution in [0, 0.1) is 0 Å². The highest BCUT2D eigenvalue weighted by Crippen LogP contribution is 2.34. The third kappa shape index (κ3) is 3.31. The van der Waals surface area contributed by atoms with Crippen molar-refractivity contribution in [2.75, 3.05) is 51.2 Å². The Kier molecular flexibility index (Phi) is 4.64. The number of anilines is 2. The number of hydrogen-bond donors (Lipinski definition) is 1. The van der Waals surface area contributed by atoms with Crippen LogP contribution in [-0.2, 0) is 4.74 Å². The molecule has 0 spiro atoms. The lowest BCUT2D eigenvalue weighted by atomic mass is 10.1. The van der Waals surface area contributed by atoms with E-state index in [0.29, 0.717) is 30.4 Å². The minimum atomic E-state index is 0.218. The van der Waals surface area contributed by atoms with E-state index in [1.165, 1.54) is 0 Å². The molecule has 4 rings (SSSR count). The SMILES string of the molecule is COc1ccc(-c2cnc3nc(N)nc(N4CCOCC4)c3c2)cc1OC. The normalized spacial score (nSPS) is 14.4. The van der Waals surface area contributed by atoms with Crippen LogP contribution in [0.5, 0.6) is 11.5 Å². The number of benzene rings is 1. The molecule has 0 unspecified atom stereocenters. The summed E-state index contributed by atoms with van der Waals surface area (Å²) in [4.78, 5) is 15.4. The van der Waals surface area contributed by atoms with Gasteiger partial charge in [-0.1, -0.05) is 6.07 Å². The quantitative estimate of drug-likeness (QED) is 0.749. The number of morpholine rings is 1. The van der Waals surface area contributed by atoms with Gasteiger partial charge in [-0.2, -0.15) is 9.97 Å². The lowest BCUT2D eigenvalue weighted by Gasteiger charge is -2.28. The van der Waals surface area contributed by atoms with Gasteiger partial charge in [0.05, 0.1) is 32.8 Å². The molecule has 0 aliphatic carbocycles. The van der Waals surface area contributed by atoms with E-state index in [9.17, 15) is 0 Å². The Morgan fingerprint density at radius 2 is 1.78 bits per heavy atom. The maximum Gasteiger partial charge on any atom is 0.224 e. The van der Waals surface area contributed by atoms with Crippen molar-refractivity contribution in [1.82, 2.24) is 15.0 Å². The smallest absolute Gasteiger partial charge is 0.224 e. The molecule has 1 aromatic carbocycles. The van der Waals surface area contributed by atoms with Crippen LogP contribution in [-0.4, -0.2) is 55.5 Å². The van der Waals surface area contributed by atoms with Crippen molar-refractivity contribution in [3.63, 3.8) is 0 Å². The fourth-order valence-electron chi connectivity index (χ4n) is 3.20. The lowest BCUT2D eigenvalue weighted by Crippen LogP contribution is -2.37. The number of ether oxygens (including phenoxy) is 3. The molecule has 1 saturated heterocycles. The fourth-order valence-corrected chi connectivity index (χ4v) is 3.20. The van der Waals surface area contributed by atoms with Crippen LogP contribution in [0.3, 0.4) is 0 Å². The first kappa shape index (κ1) is 17.3. The number of aromatic nitrogens is 3. The van der Waals surface area contributed by atoms with Crippen LogP contribution in [0.25, 0.3) is 22.2 Å². The Morgan fingerprint density at radius 3 is 2.52 bits per heavy atom. The first-order valence-corrected chi connectivity index (χ1v) is 8.68. The molecule has 2 aromatic heterocycles. The van der Waals surface area contributed by atoms with Crippen LogP contribution >= 0.6 is 0 Å². The molecule has 0 amide bonds. The van der Waals surface area contributed by atoms with Gasteiger partial charge in [-0.25, -0.2) is 4.98 Å². The molecule has 1 aliphatic rings. The van der Waals surface area contributed by atoms with Crippen molar-refractivity contribution in [3.05, 3.63) is 30.5 Å². The number of nitrogens with zero attached hydrogens (tertiary/aromatic N) is 4. The van der Waals surface area contributed by atoms with Crippen molar-refractivity contribution in [2.45, 2.75) is 0 Å². The van der Waals surface area contributed by atoms with Crippen LogP contribution < -0.4 is 20.1 Å². The molecule has 0 saturated carbocycles. The zero-order chi connectivity index (χ0) is 18.8. The third-order valence-corrected chi connectivity index (χ3v) is 4.58. The predicted molar refractivity (Wildman–Crippen MR) is 103 cm³/mol. The summed E-state index contributed by atoms with van der Waals surface area (Å²) in [6.07, 6.45) is 1.78. The average molecular weight is 367 g/mol. The molecule has 3 heterocycles. The summed E-state index contributed by atoms with van der Waals surface area (Å²) < 4.78 is 16.2. The van der Waals surface area contributed by atoms with Gasteiger partial charge < -0.3 is 24.8 Å². The molecule has 2 N–H and O–H groups in total. The van der Waals surface area contributed by atoms with Gasteiger partial charge in [0.2, 0.25) is 5.95 Å². The third-order valence-electron chi connectivity index (χ3n) is 4.58. The summed E-state index contributed by atoms with van der Waals surface area (Å²) in [5.74, 6) is 2.35. The van der Waals surface area contributed by atoms with Gasteiger partial charge >= 0.3 is 0 Å². The van der Waals surface area contributed by atoms with E-state index in [1.807, 2.05) is 24.3 Å². The number of hydrogen-bond acceptors (Lipinski definition) is 8. The summed E-state index contributed by atoms with van der Waals surface area (Å²) in [6.45, 7) is 2.83. The molecule has 3 aromatic rings. The van der Waals surface area contributed by atoms with Gasteiger partial charge in [0.15, 0.2) is 17.1 Å². The molecule has 0 bridgehead atoms. The van der Waals surface area contributed by atoms with E-state index < -0.39 is 0 Å². The fraction of sp³-hybridized carbons (Fsp3) is 0.316. The predicted octanol–water partition coefficient (Wildman–Crippen LogP) is 2.13. The van der Waals surface area contributed by atoms with Gasteiger partial charge in [0, 0.05) is 24.8 Å². The zero-order valence-electron chi connectivity index (χ0n) is 15.3. The molecule has 0 atom stereocenters. The molecule has 8 nitrogen and oxygen atoms in total. The van der Waals surface area contributed by atoms with Crippen molar-refractivity contribution in [2.24, 2.45) is 0 Å². The summed E-state index contributed by atoms with van der Waals surface area (Å²) in [5, 5.41) is 0.860. The standard InChI is InChI=1S/C19H21N5O3/c1-25-15-4-3-12(10-16(15)26-2)13-9-14-17(21-11-13)22-19(20)23-18(14)24-5-7-27-8-6-24/h3-4,9-11H,5-8H2,1-2H3,(H2,20,21,22,23). The summed E-state index contributed by atoms with van der Waals surface area (Å²) >= 11 is 0. The van der Waals surface area contributed by atoms with Crippen molar-refractivity contribution in [1.29, 1.82) is 0 Å². The largest absolute Gasteiger partial charge is 0.493 e. The second kappa shape index (κ2) is 7.24. The highest BCUT2D eigenvalue weighted by molar-refractivity contribution is 5.91. The van der Waals surface area contributed by atoms with Gasteiger partial charge in [0.25, 0.3) is 0 Å². The van der Waals surface area contributed by atoms with Crippen LogP contribution in [0.4, 0.5) is 11.8 Å². The molecular weight excluding hydrogens is 346 g/mol. The van der Waals surface area contributed by atoms with Crippen molar-refractivity contribution >= 4 is 22.8 Å². The van der Waals surface area contributed by atoms with Gasteiger partial charge in [-0.05, 0) is 23.8 Å². The second-order valence-corrected chi connectivity index (χ2v) is 6.17. The maximum absolute atomic E-state index is 5.90. The summed E-state index contributed by atoms with van der Waals surface area (Å²) in [6, 6.07) is 7.81. The van der Waals surface area contributed by atoms with E-state index in [-0.39, 0.29) is 5.95 Å². The highest BCUT2D eigenvalue weighted by atomic mass is 16.5. The minimum absolute atomic E-state index is 0.218. The molecule has 1 fully saturated rings. The first-order chi connectivity index (χ1) is 13.2. The van der Waals surface area contributed by atoms with Gasteiger partial charge in [-0.15, -0.1) is 0 Å². The van der Waals surface area contributed by atoms with Crippen LogP contribution in [0.2, 0.25) is 0 Å². The Hall–Kier alpha value is -3.13. The summed E-state index contributed by atoms with van der Waals surface area (Å²) in [5.41, 5.74) is 8.38. The summed E-state index contributed by atoms with van der Waals surface area (Å²) in [7, 11) is 3.24. The van der Waals surface area contributed by atoms with Gasteiger partial charge in [0.1, 0.15) is 5.82 Å². The number of fused-ring (bicyclic) bond motifs is 1. The zero-order valence-corrected chi connectivity index (χ0v) is 15.3. The number of pyridine rings is 1. The Bertz CT molecular complexity index is 973. The lowest BCUT2D eigenvalue weighted by molar-refractivity contribution is 0.122. The number of nitrogens with two attached hydrogens (primary N) is 1. The number of rotatable bonds is 4. The van der Waals surface area contributed by atoms with Crippen LogP contribution in [0.1, 0.15) is 0 Å². The Morgan fingerprint density at radius 1 is 1.00 bits per heavy atom. The minimum Gasteiger partial charge on any atom is -0.493 e. The number of methoxy groups -OCH3 is 2. The molecule has 0 radical (unpaired) electrons. The van der Waals surface area contributed by atoms with Crippen molar-refractivity contribution in [3.8, 4) is 22.6 Å². The van der Waals surface area contributed by atoms with E-state index in [1.54, 1.807) is 20.4 Å². The molecule has 8 heteroatoms. The first-order valence-electron chi connectivity index (χ1n) is 8.68. The molecule has 27 heavy (non-hydrogen) atoms. The molecule has 1 aliphatic heterocycles. The molecule has 140 valence electrons. The van der Waals surface area contributed by atoms with Crippen molar-refractivity contribution < 1.29 is 14.2 Å². The van der Waals surface area contributed by atoms with Crippen LogP contribution in [0.15, 0.2) is 30.5 Å². The highest BCUT2D eigenvalue weighted by Gasteiger charge is 2.18. The van der Waals surface area contributed by atoms with Gasteiger partial charge in [-0.3, -0.25) is 0 Å². The molecular formula is C19H21N5O3. The Balaban J connectivity index is 1.82. The number of nitrogen functional groups attached to an aromatic ring is 1. The average Bonchev–Trinajstić information content (AvgIpc) is 2.73. The second-order valence-electron chi connectivity index (χ2n) is 6.17. The van der Waals surface area contributed by atoms with E-state index in [4.69, 9.17) is 19.9 Å². The maximum atomic E-state index is 5.90. The van der Waals surface area contributed by atoms with E-state index in [0.717, 1.165) is 35.4 Å². The van der Waals surface area contributed by atoms with E-state index >= 15 is 0 Å².